The number of carbonyl (C=O) groups is 1. The second-order valence-electron chi connectivity index (χ2n) is 6.78. The summed E-state index contributed by atoms with van der Waals surface area (Å²) >= 11 is 0. The quantitative estimate of drug-likeness (QED) is 0.699. The molecule has 2 saturated carbocycles. The lowest BCUT2D eigenvalue weighted by Crippen LogP contribution is -2.52. The number of ether oxygens (including phenoxy) is 1. The third-order valence-corrected chi connectivity index (χ3v) is 5.42. The minimum atomic E-state index is -0.442. The molecule has 0 aromatic rings. The average Bonchev–Trinajstić information content (AvgIpc) is 2.89. The topological polar surface area (TPSA) is 41.6 Å². The molecule has 2 aliphatic carbocycles. The van der Waals surface area contributed by atoms with Crippen LogP contribution in [0, 0.1) is 5.92 Å². The zero-order valence-corrected chi connectivity index (χ0v) is 14.0. The van der Waals surface area contributed by atoms with Crippen LogP contribution in [0.2, 0.25) is 0 Å². The maximum atomic E-state index is 12.3. The first-order valence-corrected chi connectivity index (χ1v) is 8.72. The lowest BCUT2D eigenvalue weighted by molar-refractivity contribution is -0.148. The van der Waals surface area contributed by atoms with E-state index in [0.29, 0.717) is 6.04 Å². The summed E-state index contributed by atoms with van der Waals surface area (Å²) < 4.78 is 5.09. The van der Waals surface area contributed by atoms with Gasteiger partial charge in [0.05, 0.1) is 7.11 Å². The van der Waals surface area contributed by atoms with E-state index in [1.807, 2.05) is 0 Å². The summed E-state index contributed by atoms with van der Waals surface area (Å²) in [6, 6.07) is 0.527. The molecule has 0 aromatic heterocycles. The van der Waals surface area contributed by atoms with Crippen LogP contribution in [0.3, 0.4) is 0 Å². The molecule has 1 N–H and O–H groups in total. The number of hydrogen-bond donors (Lipinski definition) is 1. The molecule has 21 heavy (non-hydrogen) atoms. The van der Waals surface area contributed by atoms with Gasteiger partial charge < -0.3 is 15.0 Å². The van der Waals surface area contributed by atoms with Crippen molar-refractivity contribution < 1.29 is 9.53 Å². The molecule has 2 atom stereocenters. The highest BCUT2D eigenvalue weighted by Crippen LogP contribution is 2.36. The fourth-order valence-electron chi connectivity index (χ4n) is 3.85. The Bertz CT molecular complexity index is 344. The summed E-state index contributed by atoms with van der Waals surface area (Å²) in [5.41, 5.74) is -0.442. The first kappa shape index (κ1) is 16.8. The van der Waals surface area contributed by atoms with Gasteiger partial charge in [0.2, 0.25) is 0 Å². The third kappa shape index (κ3) is 3.78. The van der Waals surface area contributed by atoms with Crippen molar-refractivity contribution in [2.45, 2.75) is 70.4 Å². The van der Waals surface area contributed by atoms with Crippen LogP contribution in [0.4, 0.5) is 0 Å². The van der Waals surface area contributed by atoms with Gasteiger partial charge in [0.1, 0.15) is 5.54 Å². The van der Waals surface area contributed by atoms with Gasteiger partial charge in [-0.2, -0.15) is 0 Å². The maximum Gasteiger partial charge on any atom is 0.326 e. The summed E-state index contributed by atoms with van der Waals surface area (Å²) in [4.78, 5) is 14.9. The maximum absolute atomic E-state index is 12.3. The first-order valence-electron chi connectivity index (χ1n) is 8.72. The van der Waals surface area contributed by atoms with Gasteiger partial charge in [-0.3, -0.25) is 4.79 Å². The molecule has 4 nitrogen and oxygen atoms in total. The lowest BCUT2D eigenvalue weighted by atomic mass is 9.84. The minimum Gasteiger partial charge on any atom is -0.468 e. The van der Waals surface area contributed by atoms with E-state index in [0.717, 1.165) is 44.7 Å². The third-order valence-electron chi connectivity index (χ3n) is 5.42. The van der Waals surface area contributed by atoms with Crippen LogP contribution in [0.25, 0.3) is 0 Å². The first-order chi connectivity index (χ1) is 10.1. The van der Waals surface area contributed by atoms with Crippen LogP contribution in [0.15, 0.2) is 0 Å². The Morgan fingerprint density at radius 1 is 1.33 bits per heavy atom. The molecule has 0 radical (unpaired) electrons. The number of hydrogen-bond acceptors (Lipinski definition) is 4. The number of nitrogens with one attached hydrogen (secondary N) is 1. The molecule has 0 heterocycles. The van der Waals surface area contributed by atoms with Gasteiger partial charge >= 0.3 is 5.97 Å². The van der Waals surface area contributed by atoms with E-state index >= 15 is 0 Å². The van der Waals surface area contributed by atoms with Crippen LogP contribution < -0.4 is 5.32 Å². The van der Waals surface area contributed by atoms with Crippen molar-refractivity contribution in [2.24, 2.45) is 5.92 Å². The summed E-state index contributed by atoms with van der Waals surface area (Å²) in [5, 5.41) is 3.48. The smallest absolute Gasteiger partial charge is 0.326 e. The van der Waals surface area contributed by atoms with E-state index in [2.05, 4.69) is 24.1 Å². The largest absolute Gasteiger partial charge is 0.468 e. The van der Waals surface area contributed by atoms with Crippen LogP contribution in [-0.2, 0) is 9.53 Å². The molecule has 0 bridgehead atoms. The van der Waals surface area contributed by atoms with E-state index < -0.39 is 5.54 Å². The summed E-state index contributed by atoms with van der Waals surface area (Å²) in [7, 11) is 1.51. The van der Waals surface area contributed by atoms with Gasteiger partial charge in [-0.05, 0) is 57.5 Å². The normalized spacial score (nSPS) is 29.6. The fourth-order valence-corrected chi connectivity index (χ4v) is 3.85. The van der Waals surface area contributed by atoms with Gasteiger partial charge in [0, 0.05) is 12.6 Å². The fraction of sp³-hybridized carbons (Fsp3) is 0.941. The molecule has 2 aliphatic rings. The molecule has 2 fully saturated rings. The van der Waals surface area contributed by atoms with Crippen molar-refractivity contribution >= 4 is 5.97 Å². The molecule has 0 aromatic carbocycles. The molecule has 0 spiro atoms. The van der Waals surface area contributed by atoms with Crippen molar-refractivity contribution in [3.63, 3.8) is 0 Å². The summed E-state index contributed by atoms with van der Waals surface area (Å²) in [6.45, 7) is 7.57. The van der Waals surface area contributed by atoms with Gasteiger partial charge in [-0.25, -0.2) is 0 Å². The molecule has 0 aliphatic heterocycles. The van der Waals surface area contributed by atoms with Crippen molar-refractivity contribution in [2.75, 3.05) is 26.7 Å². The Labute approximate surface area is 129 Å². The molecule has 0 saturated heterocycles. The lowest BCUT2D eigenvalue weighted by Gasteiger charge is -2.36. The average molecular weight is 296 g/mol. The Balaban J connectivity index is 1.97. The van der Waals surface area contributed by atoms with E-state index in [-0.39, 0.29) is 5.97 Å². The zero-order chi connectivity index (χ0) is 15.3. The van der Waals surface area contributed by atoms with Gasteiger partial charge in [-0.1, -0.05) is 20.3 Å². The van der Waals surface area contributed by atoms with Crippen molar-refractivity contribution in [1.82, 2.24) is 10.2 Å². The SMILES string of the molecule is CCCNC1(C(=O)OC)CCC(N(CC)CC2CCC2)C1. The number of methoxy groups -OCH3 is 1. The molecule has 122 valence electrons. The van der Waals surface area contributed by atoms with Crippen molar-refractivity contribution in [3.8, 4) is 0 Å². The Morgan fingerprint density at radius 3 is 2.62 bits per heavy atom. The molecule has 4 heteroatoms. The highest BCUT2D eigenvalue weighted by molar-refractivity contribution is 5.81. The van der Waals surface area contributed by atoms with Gasteiger partial charge in [0.25, 0.3) is 0 Å². The van der Waals surface area contributed by atoms with Gasteiger partial charge in [-0.15, -0.1) is 0 Å². The second-order valence-corrected chi connectivity index (χ2v) is 6.78. The number of carbonyl (C=O) groups excluding carboxylic acids is 1. The Kier molecular flexibility index (Phi) is 6.06. The van der Waals surface area contributed by atoms with Crippen LogP contribution in [-0.4, -0.2) is 49.2 Å². The zero-order valence-electron chi connectivity index (χ0n) is 14.0. The second kappa shape index (κ2) is 7.59. The molecular weight excluding hydrogens is 264 g/mol. The van der Waals surface area contributed by atoms with E-state index in [9.17, 15) is 4.79 Å². The standard InChI is InChI=1S/C17H32N2O2/c1-4-11-18-17(16(20)21-3)10-9-15(12-17)19(5-2)13-14-7-6-8-14/h14-15,18H,4-13H2,1-3H3. The van der Waals surface area contributed by atoms with Gasteiger partial charge in [0.15, 0.2) is 0 Å². The van der Waals surface area contributed by atoms with Crippen LogP contribution >= 0.6 is 0 Å². The Hall–Kier alpha value is -0.610. The van der Waals surface area contributed by atoms with E-state index in [1.165, 1.54) is 32.9 Å². The molecule has 2 rings (SSSR count). The summed E-state index contributed by atoms with van der Waals surface area (Å²) in [5.74, 6) is 0.819. The minimum absolute atomic E-state index is 0.0712. The monoisotopic (exact) mass is 296 g/mol. The predicted molar refractivity (Wildman–Crippen MR) is 85.3 cm³/mol. The van der Waals surface area contributed by atoms with E-state index in [1.54, 1.807) is 0 Å². The number of nitrogens with zero attached hydrogens (tertiary/aromatic N) is 1. The molecular formula is C17H32N2O2. The van der Waals surface area contributed by atoms with Crippen molar-refractivity contribution in [3.05, 3.63) is 0 Å². The summed E-state index contributed by atoms with van der Waals surface area (Å²) in [6.07, 6.45) is 8.14. The van der Waals surface area contributed by atoms with Crippen molar-refractivity contribution in [1.29, 1.82) is 0 Å². The van der Waals surface area contributed by atoms with Crippen LogP contribution in [0.5, 0.6) is 0 Å². The predicted octanol–water partition coefficient (Wildman–Crippen LogP) is 2.57. The highest BCUT2D eigenvalue weighted by Gasteiger charge is 2.47. The number of rotatable bonds is 8. The Morgan fingerprint density at radius 2 is 2.10 bits per heavy atom. The number of esters is 1. The van der Waals surface area contributed by atoms with Crippen LogP contribution in [0.1, 0.15) is 58.8 Å². The van der Waals surface area contributed by atoms with E-state index in [4.69, 9.17) is 4.74 Å². The molecule has 2 unspecified atom stereocenters. The molecule has 0 amide bonds. The highest BCUT2D eigenvalue weighted by atomic mass is 16.5.